The van der Waals surface area contributed by atoms with Gasteiger partial charge in [-0.2, -0.15) is 0 Å². The van der Waals surface area contributed by atoms with Gasteiger partial charge in [0.2, 0.25) is 0 Å². The summed E-state index contributed by atoms with van der Waals surface area (Å²) in [6.45, 7) is 4.19. The molecule has 1 N–H and O–H groups in total. The molecule has 1 aliphatic carbocycles. The van der Waals surface area contributed by atoms with Crippen LogP contribution in [-0.4, -0.2) is 25.8 Å². The van der Waals surface area contributed by atoms with Crippen LogP contribution in [0.1, 0.15) is 58.3 Å². The Labute approximate surface area is 94.8 Å². The number of likely N-dealkylation sites (N-methyl/N-ethyl adjacent to an activating group) is 1. The van der Waals surface area contributed by atoms with Crippen LogP contribution < -0.4 is 5.32 Å². The summed E-state index contributed by atoms with van der Waals surface area (Å²) in [6, 6.07) is 0. The van der Waals surface area contributed by atoms with Crippen molar-refractivity contribution in [3.05, 3.63) is 0 Å². The van der Waals surface area contributed by atoms with Crippen molar-refractivity contribution in [2.45, 2.75) is 63.9 Å². The number of unbranched alkanes of at least 4 members (excludes halogenated alkanes) is 1. The number of hydrogen-bond acceptors (Lipinski definition) is 2. The van der Waals surface area contributed by atoms with Gasteiger partial charge in [0, 0.05) is 13.2 Å². The lowest BCUT2D eigenvalue weighted by atomic mass is 9.94. The van der Waals surface area contributed by atoms with E-state index in [9.17, 15) is 0 Å². The van der Waals surface area contributed by atoms with Gasteiger partial charge in [0.05, 0.1) is 5.60 Å². The fraction of sp³-hybridized carbons (Fsp3) is 1.00. The Morgan fingerprint density at radius 1 is 1.13 bits per heavy atom. The van der Waals surface area contributed by atoms with E-state index in [1.165, 1.54) is 51.4 Å². The summed E-state index contributed by atoms with van der Waals surface area (Å²) in [5.41, 5.74) is 0.153. The van der Waals surface area contributed by atoms with Crippen molar-refractivity contribution < 1.29 is 4.74 Å². The van der Waals surface area contributed by atoms with E-state index < -0.39 is 0 Å². The average molecular weight is 213 g/mol. The van der Waals surface area contributed by atoms with E-state index >= 15 is 0 Å². The molecule has 0 saturated heterocycles. The Hall–Kier alpha value is -0.0800. The Morgan fingerprint density at radius 2 is 1.80 bits per heavy atom. The minimum atomic E-state index is 0.153. The molecule has 0 spiro atoms. The van der Waals surface area contributed by atoms with Crippen LogP contribution in [0.15, 0.2) is 0 Å². The first kappa shape index (κ1) is 13.0. The summed E-state index contributed by atoms with van der Waals surface area (Å²) in [4.78, 5) is 0. The van der Waals surface area contributed by atoms with Gasteiger partial charge in [-0.15, -0.1) is 0 Å². The van der Waals surface area contributed by atoms with Crippen LogP contribution in [0.3, 0.4) is 0 Å². The highest BCUT2D eigenvalue weighted by molar-refractivity contribution is 4.85. The molecule has 0 unspecified atom stereocenters. The monoisotopic (exact) mass is 213 g/mol. The van der Waals surface area contributed by atoms with Crippen LogP contribution in [0.5, 0.6) is 0 Å². The van der Waals surface area contributed by atoms with Gasteiger partial charge >= 0.3 is 0 Å². The number of ether oxygens (including phenoxy) is 1. The molecule has 0 aliphatic heterocycles. The summed E-state index contributed by atoms with van der Waals surface area (Å²) in [7, 11) is 2.04. The fourth-order valence-corrected chi connectivity index (χ4v) is 2.50. The van der Waals surface area contributed by atoms with Gasteiger partial charge < -0.3 is 10.1 Å². The van der Waals surface area contributed by atoms with Crippen LogP contribution >= 0.6 is 0 Å². The molecule has 0 amide bonds. The van der Waals surface area contributed by atoms with Crippen LogP contribution in [0.25, 0.3) is 0 Å². The van der Waals surface area contributed by atoms with Gasteiger partial charge in [-0.3, -0.25) is 0 Å². The highest BCUT2D eigenvalue weighted by Gasteiger charge is 2.30. The Morgan fingerprint density at radius 3 is 2.33 bits per heavy atom. The lowest BCUT2D eigenvalue weighted by molar-refractivity contribution is -0.0548. The van der Waals surface area contributed by atoms with E-state index in [0.29, 0.717) is 0 Å². The zero-order valence-corrected chi connectivity index (χ0v) is 10.5. The second-order valence-corrected chi connectivity index (χ2v) is 4.83. The molecule has 0 bridgehead atoms. The quantitative estimate of drug-likeness (QED) is 0.541. The fourth-order valence-electron chi connectivity index (χ4n) is 2.50. The van der Waals surface area contributed by atoms with E-state index in [-0.39, 0.29) is 5.60 Å². The van der Waals surface area contributed by atoms with Gasteiger partial charge in [-0.1, -0.05) is 39.0 Å². The third-order valence-electron chi connectivity index (χ3n) is 3.42. The highest BCUT2D eigenvalue weighted by Crippen LogP contribution is 2.30. The number of nitrogens with one attached hydrogen (secondary N) is 1. The van der Waals surface area contributed by atoms with Crippen molar-refractivity contribution in [1.29, 1.82) is 0 Å². The molecular weight excluding hydrogens is 186 g/mol. The summed E-state index contributed by atoms with van der Waals surface area (Å²) in [5.74, 6) is 0. The SMILES string of the molecule is CCCCOC1(CNC)CCCCCC1. The Bertz CT molecular complexity index is 151. The minimum absolute atomic E-state index is 0.153. The largest absolute Gasteiger partial charge is 0.374 e. The summed E-state index contributed by atoms with van der Waals surface area (Å²) in [5, 5.41) is 3.31. The molecule has 0 aromatic rings. The van der Waals surface area contributed by atoms with Gasteiger partial charge in [-0.05, 0) is 26.3 Å². The predicted octanol–water partition coefficient (Wildman–Crippen LogP) is 3.12. The molecular formula is C13H27NO. The molecule has 0 aromatic carbocycles. The van der Waals surface area contributed by atoms with E-state index in [4.69, 9.17) is 4.74 Å². The maximum absolute atomic E-state index is 6.17. The lowest BCUT2D eigenvalue weighted by Crippen LogP contribution is -2.42. The molecule has 0 aromatic heterocycles. The van der Waals surface area contributed by atoms with Crippen LogP contribution in [-0.2, 0) is 4.74 Å². The van der Waals surface area contributed by atoms with Crippen molar-refractivity contribution >= 4 is 0 Å². The molecule has 15 heavy (non-hydrogen) atoms. The first-order valence-electron chi connectivity index (χ1n) is 6.61. The normalized spacial score (nSPS) is 21.2. The highest BCUT2D eigenvalue weighted by atomic mass is 16.5. The number of rotatable bonds is 6. The molecule has 1 rings (SSSR count). The van der Waals surface area contributed by atoms with E-state index in [1.54, 1.807) is 0 Å². The van der Waals surface area contributed by atoms with Gasteiger partial charge in [0.15, 0.2) is 0 Å². The molecule has 1 fully saturated rings. The van der Waals surface area contributed by atoms with Crippen molar-refractivity contribution in [2.24, 2.45) is 0 Å². The van der Waals surface area contributed by atoms with Crippen LogP contribution in [0.4, 0.5) is 0 Å². The number of hydrogen-bond donors (Lipinski definition) is 1. The molecule has 90 valence electrons. The molecule has 2 heteroatoms. The summed E-state index contributed by atoms with van der Waals surface area (Å²) < 4.78 is 6.17. The first-order valence-corrected chi connectivity index (χ1v) is 6.61. The topological polar surface area (TPSA) is 21.3 Å². The molecule has 0 radical (unpaired) electrons. The van der Waals surface area contributed by atoms with Crippen LogP contribution in [0.2, 0.25) is 0 Å². The van der Waals surface area contributed by atoms with Crippen molar-refractivity contribution in [3.63, 3.8) is 0 Å². The maximum Gasteiger partial charge on any atom is 0.0806 e. The molecule has 0 heterocycles. The molecule has 1 aliphatic rings. The minimum Gasteiger partial charge on any atom is -0.374 e. The summed E-state index contributed by atoms with van der Waals surface area (Å²) >= 11 is 0. The van der Waals surface area contributed by atoms with Crippen molar-refractivity contribution in [2.75, 3.05) is 20.2 Å². The summed E-state index contributed by atoms with van der Waals surface area (Å²) in [6.07, 6.45) is 10.4. The van der Waals surface area contributed by atoms with Crippen molar-refractivity contribution in [1.82, 2.24) is 5.32 Å². The Balaban J connectivity index is 2.42. The van der Waals surface area contributed by atoms with Gasteiger partial charge in [-0.25, -0.2) is 0 Å². The van der Waals surface area contributed by atoms with E-state index in [2.05, 4.69) is 12.2 Å². The molecule has 1 saturated carbocycles. The first-order chi connectivity index (χ1) is 7.33. The standard InChI is InChI=1S/C13H27NO/c1-3-4-11-15-13(12-14-2)9-7-5-6-8-10-13/h14H,3-12H2,1-2H3. The van der Waals surface area contributed by atoms with E-state index in [0.717, 1.165) is 13.2 Å². The maximum atomic E-state index is 6.17. The van der Waals surface area contributed by atoms with E-state index in [1.807, 2.05) is 7.05 Å². The molecule has 2 nitrogen and oxygen atoms in total. The predicted molar refractivity (Wildman–Crippen MR) is 65.2 cm³/mol. The zero-order valence-electron chi connectivity index (χ0n) is 10.5. The average Bonchev–Trinajstić information content (AvgIpc) is 2.45. The third kappa shape index (κ3) is 4.52. The smallest absolute Gasteiger partial charge is 0.0806 e. The second-order valence-electron chi connectivity index (χ2n) is 4.83. The zero-order chi connectivity index (χ0) is 11.0. The van der Waals surface area contributed by atoms with Gasteiger partial charge in [0.25, 0.3) is 0 Å². The second kappa shape index (κ2) is 7.24. The third-order valence-corrected chi connectivity index (χ3v) is 3.42. The van der Waals surface area contributed by atoms with Crippen molar-refractivity contribution in [3.8, 4) is 0 Å². The Kier molecular flexibility index (Phi) is 6.26. The lowest BCUT2D eigenvalue weighted by Gasteiger charge is -2.33. The molecule has 0 atom stereocenters. The van der Waals surface area contributed by atoms with Crippen LogP contribution in [0, 0.1) is 0 Å². The van der Waals surface area contributed by atoms with Gasteiger partial charge in [0.1, 0.15) is 0 Å².